The molecule has 0 aliphatic heterocycles. The fourth-order valence-corrected chi connectivity index (χ4v) is 1.96. The molecule has 3 N–H and O–H groups in total. The van der Waals surface area contributed by atoms with Gasteiger partial charge >= 0.3 is 0 Å². The topological polar surface area (TPSA) is 64.9 Å². The van der Waals surface area contributed by atoms with Crippen molar-refractivity contribution in [2.24, 2.45) is 5.16 Å². The molecule has 98 valence electrons. The standard InChI is InChI=1S/C15H16N2O2/c18-16-14(12-7-3-1-4-8-12)11-15(17-19)13-9-5-2-6-10-13/h1-10,14,16,18-19H,11H2/b17-15+/t14-/m0/s1. The monoisotopic (exact) mass is 256 g/mol. The minimum Gasteiger partial charge on any atom is -0.411 e. The van der Waals surface area contributed by atoms with Gasteiger partial charge < -0.3 is 10.4 Å². The van der Waals surface area contributed by atoms with Gasteiger partial charge in [-0.1, -0.05) is 65.8 Å². The van der Waals surface area contributed by atoms with Gasteiger partial charge in [-0.25, -0.2) is 0 Å². The molecule has 0 aliphatic rings. The van der Waals surface area contributed by atoms with E-state index in [0.29, 0.717) is 12.1 Å². The largest absolute Gasteiger partial charge is 0.411 e. The third-order valence-electron chi connectivity index (χ3n) is 2.98. The molecule has 2 aromatic carbocycles. The van der Waals surface area contributed by atoms with E-state index in [0.717, 1.165) is 11.1 Å². The molecular formula is C15H16N2O2. The number of nitrogens with one attached hydrogen (secondary N) is 1. The van der Waals surface area contributed by atoms with Gasteiger partial charge in [-0.2, -0.15) is 5.48 Å². The molecule has 0 amide bonds. The van der Waals surface area contributed by atoms with Crippen LogP contribution in [0.2, 0.25) is 0 Å². The fourth-order valence-electron chi connectivity index (χ4n) is 1.96. The molecule has 2 rings (SSSR count). The van der Waals surface area contributed by atoms with Crippen LogP contribution in [0.3, 0.4) is 0 Å². The molecule has 0 fully saturated rings. The highest BCUT2D eigenvalue weighted by Crippen LogP contribution is 2.19. The number of hydroxylamine groups is 1. The summed E-state index contributed by atoms with van der Waals surface area (Å²) in [6, 6.07) is 18.6. The number of nitrogens with zero attached hydrogens (tertiary/aromatic N) is 1. The second kappa shape index (κ2) is 6.68. The molecule has 0 radical (unpaired) electrons. The zero-order valence-corrected chi connectivity index (χ0v) is 10.4. The van der Waals surface area contributed by atoms with Crippen molar-refractivity contribution in [2.45, 2.75) is 12.5 Å². The highest BCUT2D eigenvalue weighted by atomic mass is 16.5. The van der Waals surface area contributed by atoms with Gasteiger partial charge in [0.2, 0.25) is 0 Å². The van der Waals surface area contributed by atoms with Crippen molar-refractivity contribution in [1.82, 2.24) is 5.48 Å². The van der Waals surface area contributed by atoms with Crippen molar-refractivity contribution in [3.05, 3.63) is 71.8 Å². The summed E-state index contributed by atoms with van der Waals surface area (Å²) in [5.41, 5.74) is 4.55. The molecule has 0 spiro atoms. The third kappa shape index (κ3) is 3.40. The van der Waals surface area contributed by atoms with E-state index in [4.69, 9.17) is 5.21 Å². The van der Waals surface area contributed by atoms with Crippen LogP contribution < -0.4 is 5.48 Å². The molecule has 1 atom stereocenters. The van der Waals surface area contributed by atoms with Gasteiger partial charge in [-0.15, -0.1) is 0 Å². The molecule has 0 saturated carbocycles. The van der Waals surface area contributed by atoms with Crippen molar-refractivity contribution >= 4 is 5.71 Å². The Morgan fingerprint density at radius 3 is 2.11 bits per heavy atom. The van der Waals surface area contributed by atoms with Crippen LogP contribution >= 0.6 is 0 Å². The third-order valence-corrected chi connectivity index (χ3v) is 2.98. The van der Waals surface area contributed by atoms with Crippen molar-refractivity contribution in [1.29, 1.82) is 0 Å². The van der Waals surface area contributed by atoms with Crippen LogP contribution in [0.4, 0.5) is 0 Å². The Kier molecular flexibility index (Phi) is 4.66. The van der Waals surface area contributed by atoms with E-state index >= 15 is 0 Å². The minimum atomic E-state index is -0.313. The number of hydrogen-bond donors (Lipinski definition) is 3. The normalized spacial score (nSPS) is 13.2. The summed E-state index contributed by atoms with van der Waals surface area (Å²) in [7, 11) is 0. The Bertz CT molecular complexity index is 526. The van der Waals surface area contributed by atoms with Crippen molar-refractivity contribution in [3.8, 4) is 0 Å². The second-order valence-electron chi connectivity index (χ2n) is 4.21. The Morgan fingerprint density at radius 1 is 1.00 bits per heavy atom. The lowest BCUT2D eigenvalue weighted by atomic mass is 9.98. The van der Waals surface area contributed by atoms with Crippen molar-refractivity contribution in [3.63, 3.8) is 0 Å². The first-order valence-electron chi connectivity index (χ1n) is 6.06. The first kappa shape index (κ1) is 13.3. The average molecular weight is 256 g/mol. The Hall–Kier alpha value is -2.17. The summed E-state index contributed by atoms with van der Waals surface area (Å²) >= 11 is 0. The van der Waals surface area contributed by atoms with E-state index in [1.54, 1.807) is 0 Å². The lowest BCUT2D eigenvalue weighted by Gasteiger charge is -2.16. The van der Waals surface area contributed by atoms with Gasteiger partial charge in [-0.05, 0) is 11.1 Å². The number of rotatable bonds is 5. The smallest absolute Gasteiger partial charge is 0.0887 e. The van der Waals surface area contributed by atoms with E-state index in [1.165, 1.54) is 0 Å². The molecule has 19 heavy (non-hydrogen) atoms. The predicted molar refractivity (Wildman–Crippen MR) is 73.5 cm³/mol. The van der Waals surface area contributed by atoms with Crippen LogP contribution in [0.15, 0.2) is 65.8 Å². The molecule has 0 heterocycles. The molecule has 4 nitrogen and oxygen atoms in total. The fraction of sp³-hybridized carbons (Fsp3) is 0.133. The molecule has 0 bridgehead atoms. The minimum absolute atomic E-state index is 0.313. The van der Waals surface area contributed by atoms with Crippen LogP contribution in [-0.2, 0) is 0 Å². The lowest BCUT2D eigenvalue weighted by molar-refractivity contribution is 0.128. The van der Waals surface area contributed by atoms with E-state index in [-0.39, 0.29) is 6.04 Å². The molecular weight excluding hydrogens is 240 g/mol. The summed E-state index contributed by atoms with van der Waals surface area (Å²) in [6.45, 7) is 0. The molecule has 0 aliphatic carbocycles. The van der Waals surface area contributed by atoms with E-state index in [9.17, 15) is 5.21 Å². The summed E-state index contributed by atoms with van der Waals surface area (Å²) in [5, 5.41) is 21.8. The SMILES string of the molecule is O/N=C(\C[C@H](NO)c1ccccc1)c1ccccc1. The molecule has 0 unspecified atom stereocenters. The van der Waals surface area contributed by atoms with Crippen molar-refractivity contribution in [2.75, 3.05) is 0 Å². The van der Waals surface area contributed by atoms with Gasteiger partial charge in [0.05, 0.1) is 11.8 Å². The maximum absolute atomic E-state index is 9.28. The van der Waals surface area contributed by atoms with Crippen LogP contribution in [-0.4, -0.2) is 16.1 Å². The zero-order valence-electron chi connectivity index (χ0n) is 10.4. The van der Waals surface area contributed by atoms with E-state index in [2.05, 4.69) is 10.6 Å². The zero-order chi connectivity index (χ0) is 13.5. The van der Waals surface area contributed by atoms with Gasteiger partial charge in [0.15, 0.2) is 0 Å². The first-order valence-corrected chi connectivity index (χ1v) is 6.06. The molecule has 0 aromatic heterocycles. The van der Waals surface area contributed by atoms with Crippen LogP contribution in [0, 0.1) is 0 Å². The number of oxime groups is 1. The summed E-state index contributed by atoms with van der Waals surface area (Å²) in [5.74, 6) is 0. The van der Waals surface area contributed by atoms with Crippen LogP contribution in [0.25, 0.3) is 0 Å². The Morgan fingerprint density at radius 2 is 1.58 bits per heavy atom. The number of benzene rings is 2. The highest BCUT2D eigenvalue weighted by Gasteiger charge is 2.15. The summed E-state index contributed by atoms with van der Waals surface area (Å²) in [4.78, 5) is 0. The average Bonchev–Trinajstić information content (AvgIpc) is 2.50. The summed E-state index contributed by atoms with van der Waals surface area (Å²) in [6.07, 6.45) is 0.390. The Labute approximate surface area is 112 Å². The maximum atomic E-state index is 9.28. The summed E-state index contributed by atoms with van der Waals surface area (Å²) < 4.78 is 0. The van der Waals surface area contributed by atoms with E-state index < -0.39 is 0 Å². The first-order chi connectivity index (χ1) is 9.35. The van der Waals surface area contributed by atoms with Gasteiger partial charge in [0.1, 0.15) is 0 Å². The number of hydrogen-bond acceptors (Lipinski definition) is 4. The molecule has 0 saturated heterocycles. The van der Waals surface area contributed by atoms with Gasteiger partial charge in [-0.3, -0.25) is 0 Å². The predicted octanol–water partition coefficient (Wildman–Crippen LogP) is 2.98. The molecule has 2 aromatic rings. The van der Waals surface area contributed by atoms with Gasteiger partial charge in [0, 0.05) is 6.42 Å². The Balaban J connectivity index is 2.18. The lowest BCUT2D eigenvalue weighted by Crippen LogP contribution is -2.21. The molecule has 4 heteroatoms. The van der Waals surface area contributed by atoms with Crippen molar-refractivity contribution < 1.29 is 10.4 Å². The van der Waals surface area contributed by atoms with Crippen LogP contribution in [0.1, 0.15) is 23.6 Å². The quantitative estimate of drug-likeness (QED) is 0.438. The van der Waals surface area contributed by atoms with Crippen LogP contribution in [0.5, 0.6) is 0 Å². The van der Waals surface area contributed by atoms with E-state index in [1.807, 2.05) is 60.7 Å². The second-order valence-corrected chi connectivity index (χ2v) is 4.21. The maximum Gasteiger partial charge on any atom is 0.0887 e. The highest BCUT2D eigenvalue weighted by molar-refractivity contribution is 6.00. The van der Waals surface area contributed by atoms with Gasteiger partial charge in [0.25, 0.3) is 0 Å².